The molecule has 120 valence electrons. The van der Waals surface area contributed by atoms with Gasteiger partial charge in [0, 0.05) is 40.4 Å². The van der Waals surface area contributed by atoms with E-state index in [0.717, 1.165) is 25.9 Å². The van der Waals surface area contributed by atoms with Crippen molar-refractivity contribution in [2.45, 2.75) is 32.3 Å². The topological polar surface area (TPSA) is 42.9 Å². The van der Waals surface area contributed by atoms with E-state index in [4.69, 9.17) is 27.9 Å². The number of hydrogen-bond acceptors (Lipinski definition) is 2. The molecule has 0 amide bonds. The third-order valence-corrected chi connectivity index (χ3v) is 4.83. The molecule has 1 saturated heterocycles. The molecule has 0 atom stereocenters. The third kappa shape index (κ3) is 4.48. The van der Waals surface area contributed by atoms with E-state index in [1.807, 2.05) is 13.8 Å². The van der Waals surface area contributed by atoms with Crippen molar-refractivity contribution >= 4 is 35.2 Å². The summed E-state index contributed by atoms with van der Waals surface area (Å²) in [6.45, 7) is 6.15. The maximum Gasteiger partial charge on any atom is 0.331 e. The van der Waals surface area contributed by atoms with Crippen LogP contribution in [0.25, 0.3) is 6.08 Å². The first-order chi connectivity index (χ1) is 10.4. The highest BCUT2D eigenvalue weighted by molar-refractivity contribution is 6.37. The molecule has 1 aliphatic heterocycles. The molecule has 1 aromatic carbocycles. The zero-order valence-corrected chi connectivity index (χ0v) is 14.5. The van der Waals surface area contributed by atoms with E-state index in [2.05, 4.69) is 5.32 Å². The zero-order chi connectivity index (χ0) is 16.2. The predicted molar refractivity (Wildman–Crippen MR) is 90.1 cm³/mol. The molecule has 5 heteroatoms. The van der Waals surface area contributed by atoms with Crippen molar-refractivity contribution in [2.75, 3.05) is 13.1 Å². The van der Waals surface area contributed by atoms with Crippen LogP contribution in [-0.2, 0) is 9.53 Å². The molecule has 0 saturated carbocycles. The van der Waals surface area contributed by atoms with Gasteiger partial charge in [0.1, 0.15) is 5.60 Å². The zero-order valence-electron chi connectivity index (χ0n) is 12.9. The van der Waals surface area contributed by atoms with Crippen molar-refractivity contribution in [3.8, 4) is 0 Å². The van der Waals surface area contributed by atoms with Gasteiger partial charge in [0.15, 0.2) is 0 Å². The second-order valence-electron chi connectivity index (χ2n) is 6.13. The summed E-state index contributed by atoms with van der Waals surface area (Å²) in [5, 5.41) is 3.32. The molecule has 1 fully saturated rings. The maximum atomic E-state index is 12.1. The number of rotatable bonds is 4. The molecule has 2 N–H and O–H groups in total. The van der Waals surface area contributed by atoms with Crippen molar-refractivity contribution in [1.29, 1.82) is 0 Å². The maximum absolute atomic E-state index is 12.1. The SMILES string of the molecule is CC(C)(OC(=O)/C=C/c1c(Cl)cccc1Cl)C1CC[NH2+]CC1. The van der Waals surface area contributed by atoms with Crippen LogP contribution >= 0.6 is 23.2 Å². The Labute approximate surface area is 141 Å². The normalized spacial score (nSPS) is 16.9. The Morgan fingerprint density at radius 2 is 1.86 bits per heavy atom. The lowest BCUT2D eigenvalue weighted by Gasteiger charge is -2.35. The van der Waals surface area contributed by atoms with Gasteiger partial charge >= 0.3 is 5.97 Å². The van der Waals surface area contributed by atoms with Gasteiger partial charge < -0.3 is 10.1 Å². The van der Waals surface area contributed by atoms with E-state index in [1.54, 1.807) is 24.3 Å². The second kappa shape index (κ2) is 7.49. The van der Waals surface area contributed by atoms with Gasteiger partial charge in [-0.1, -0.05) is 29.3 Å². The summed E-state index contributed by atoms with van der Waals surface area (Å²) in [5.74, 6) is 0.0364. The molecule has 22 heavy (non-hydrogen) atoms. The van der Waals surface area contributed by atoms with Gasteiger partial charge in [-0.05, 0) is 32.1 Å². The minimum atomic E-state index is -0.458. The first kappa shape index (κ1) is 17.3. The Morgan fingerprint density at radius 3 is 2.45 bits per heavy atom. The Balaban J connectivity index is 2.01. The summed E-state index contributed by atoms with van der Waals surface area (Å²) in [5.41, 5.74) is 0.174. The first-order valence-electron chi connectivity index (χ1n) is 7.57. The van der Waals surface area contributed by atoms with Gasteiger partial charge in [-0.2, -0.15) is 0 Å². The minimum Gasteiger partial charge on any atom is -0.456 e. The van der Waals surface area contributed by atoms with Gasteiger partial charge in [-0.15, -0.1) is 0 Å². The van der Waals surface area contributed by atoms with Gasteiger partial charge in [0.2, 0.25) is 0 Å². The average Bonchev–Trinajstić information content (AvgIpc) is 2.47. The number of nitrogens with two attached hydrogens (primary N) is 1. The fourth-order valence-corrected chi connectivity index (χ4v) is 3.34. The van der Waals surface area contributed by atoms with Crippen LogP contribution in [-0.4, -0.2) is 24.7 Å². The molecule has 2 rings (SSSR count). The van der Waals surface area contributed by atoms with Crippen molar-refractivity contribution in [3.05, 3.63) is 39.9 Å². The Kier molecular flexibility index (Phi) is 5.90. The summed E-state index contributed by atoms with van der Waals surface area (Å²) in [7, 11) is 0. The van der Waals surface area contributed by atoms with Gasteiger partial charge in [-0.25, -0.2) is 4.79 Å². The fraction of sp³-hybridized carbons (Fsp3) is 0.471. The van der Waals surface area contributed by atoms with Crippen molar-refractivity contribution in [2.24, 2.45) is 5.92 Å². The molecule has 0 spiro atoms. The largest absolute Gasteiger partial charge is 0.456 e. The van der Waals surface area contributed by atoms with Crippen molar-refractivity contribution in [1.82, 2.24) is 0 Å². The van der Waals surface area contributed by atoms with Crippen LogP contribution < -0.4 is 5.32 Å². The predicted octanol–water partition coefficient (Wildman–Crippen LogP) is 3.30. The molecule has 0 aromatic heterocycles. The van der Waals surface area contributed by atoms with Crippen LogP contribution in [0.2, 0.25) is 10.0 Å². The molecular formula is C17H22Cl2NO2+. The van der Waals surface area contributed by atoms with Crippen LogP contribution in [0.15, 0.2) is 24.3 Å². The summed E-state index contributed by atoms with van der Waals surface area (Å²) in [6, 6.07) is 5.24. The number of ether oxygens (including phenoxy) is 1. The minimum absolute atomic E-state index is 0.365. The van der Waals surface area contributed by atoms with Crippen LogP contribution in [0.3, 0.4) is 0 Å². The number of hydrogen-bond donors (Lipinski definition) is 1. The summed E-state index contributed by atoms with van der Waals surface area (Å²) < 4.78 is 5.65. The fourth-order valence-electron chi connectivity index (χ4n) is 2.82. The van der Waals surface area contributed by atoms with Gasteiger partial charge in [-0.3, -0.25) is 0 Å². The number of esters is 1. The Bertz CT molecular complexity index is 544. The quantitative estimate of drug-likeness (QED) is 0.673. The number of quaternary nitrogens is 1. The number of piperidine rings is 1. The Morgan fingerprint density at radius 1 is 1.27 bits per heavy atom. The summed E-state index contributed by atoms with van der Waals surface area (Å²) >= 11 is 12.2. The average molecular weight is 343 g/mol. The monoisotopic (exact) mass is 342 g/mol. The van der Waals surface area contributed by atoms with Crippen LogP contribution in [0.1, 0.15) is 32.3 Å². The lowest BCUT2D eigenvalue weighted by molar-refractivity contribution is -0.665. The highest BCUT2D eigenvalue weighted by Crippen LogP contribution is 2.29. The van der Waals surface area contributed by atoms with Gasteiger partial charge in [0.05, 0.1) is 13.1 Å². The molecular weight excluding hydrogens is 321 g/mol. The molecule has 3 nitrogen and oxygen atoms in total. The molecule has 1 aliphatic rings. The third-order valence-electron chi connectivity index (χ3n) is 4.17. The van der Waals surface area contributed by atoms with E-state index in [0.29, 0.717) is 21.5 Å². The smallest absolute Gasteiger partial charge is 0.331 e. The van der Waals surface area contributed by atoms with E-state index in [-0.39, 0.29) is 5.97 Å². The number of benzene rings is 1. The van der Waals surface area contributed by atoms with Crippen LogP contribution in [0.4, 0.5) is 0 Å². The molecule has 0 unspecified atom stereocenters. The van der Waals surface area contributed by atoms with Crippen molar-refractivity contribution < 1.29 is 14.8 Å². The van der Waals surface area contributed by atoms with E-state index in [9.17, 15) is 4.79 Å². The van der Waals surface area contributed by atoms with Crippen molar-refractivity contribution in [3.63, 3.8) is 0 Å². The highest BCUT2D eigenvalue weighted by atomic mass is 35.5. The second-order valence-corrected chi connectivity index (χ2v) is 6.95. The summed E-state index contributed by atoms with van der Waals surface area (Å²) in [6.07, 6.45) is 5.14. The van der Waals surface area contributed by atoms with E-state index >= 15 is 0 Å². The van der Waals surface area contributed by atoms with E-state index < -0.39 is 5.60 Å². The lowest BCUT2D eigenvalue weighted by Crippen LogP contribution is -2.86. The first-order valence-corrected chi connectivity index (χ1v) is 8.32. The Hall–Kier alpha value is -1.03. The molecule has 0 bridgehead atoms. The lowest BCUT2D eigenvalue weighted by atomic mass is 9.83. The molecule has 0 aliphatic carbocycles. The summed E-state index contributed by atoms with van der Waals surface area (Å²) in [4.78, 5) is 12.1. The number of halogens is 2. The standard InChI is InChI=1S/C17H21Cl2NO2/c1-17(2,12-8-10-20-11-9-12)22-16(21)7-6-13-14(18)4-3-5-15(13)19/h3-7,12,20H,8-11H2,1-2H3/p+1/b7-6+. The molecule has 0 radical (unpaired) electrons. The van der Waals surface area contributed by atoms with Crippen LogP contribution in [0.5, 0.6) is 0 Å². The number of carbonyl (C=O) groups is 1. The van der Waals surface area contributed by atoms with E-state index in [1.165, 1.54) is 6.08 Å². The van der Waals surface area contributed by atoms with Crippen LogP contribution in [0, 0.1) is 5.92 Å². The number of carbonyl (C=O) groups excluding carboxylic acids is 1. The molecule has 1 aromatic rings. The highest BCUT2D eigenvalue weighted by Gasteiger charge is 2.34. The molecule has 1 heterocycles. The van der Waals surface area contributed by atoms with Gasteiger partial charge in [0.25, 0.3) is 0 Å².